The van der Waals surface area contributed by atoms with E-state index in [9.17, 15) is 8.42 Å². The molecule has 0 aromatic heterocycles. The van der Waals surface area contributed by atoms with Gasteiger partial charge in [0.25, 0.3) is 10.0 Å². The molecule has 0 unspecified atom stereocenters. The Morgan fingerprint density at radius 3 is 2.58 bits per heavy atom. The molecule has 0 radical (unpaired) electrons. The van der Waals surface area contributed by atoms with Crippen molar-refractivity contribution in [1.29, 1.82) is 5.26 Å². The number of benzene rings is 2. The van der Waals surface area contributed by atoms with Crippen LogP contribution < -0.4 is 14.2 Å². The van der Waals surface area contributed by atoms with Crippen LogP contribution in [0.4, 0.5) is 5.69 Å². The molecule has 122 valence electrons. The molecule has 0 saturated carbocycles. The fourth-order valence-corrected chi connectivity index (χ4v) is 4.55. The van der Waals surface area contributed by atoms with Crippen molar-refractivity contribution in [2.75, 3.05) is 17.9 Å². The average molecular weight is 342 g/mol. The quantitative estimate of drug-likeness (QED) is 0.924. The van der Waals surface area contributed by atoms with E-state index in [1.54, 1.807) is 24.3 Å². The lowest BCUT2D eigenvalue weighted by molar-refractivity contribution is 0.348. The van der Waals surface area contributed by atoms with Gasteiger partial charge in [0.2, 0.25) is 0 Å². The van der Waals surface area contributed by atoms with Crippen LogP contribution in [0.25, 0.3) is 0 Å². The second-order valence-electron chi connectivity index (χ2n) is 5.66. The zero-order chi connectivity index (χ0) is 16.7. The van der Waals surface area contributed by atoms with Gasteiger partial charge in [-0.15, -0.1) is 0 Å². The normalized spacial score (nSPS) is 15.0. The molecule has 2 aliphatic heterocycles. The highest BCUT2D eigenvalue weighted by Crippen LogP contribution is 2.43. The monoisotopic (exact) mass is 342 g/mol. The van der Waals surface area contributed by atoms with Gasteiger partial charge in [-0.25, -0.2) is 8.42 Å². The summed E-state index contributed by atoms with van der Waals surface area (Å²) in [4.78, 5) is 0.175. The van der Waals surface area contributed by atoms with Gasteiger partial charge < -0.3 is 9.47 Å². The number of nitrogens with zero attached hydrogens (tertiary/aromatic N) is 1. The van der Waals surface area contributed by atoms with E-state index in [1.807, 2.05) is 12.1 Å². The molecule has 0 saturated heterocycles. The number of hydrogen-bond donors (Lipinski definition) is 1. The van der Waals surface area contributed by atoms with Crippen LogP contribution in [0.15, 0.2) is 35.2 Å². The standard InChI is InChI=1S/C17H14N2O4S/c18-10-11-1-3-13(4-2-11)19-24(20,21)17-14-6-8-22-15(14)9-12-5-7-23-16(12)17/h1-4,9,19H,5-8H2. The van der Waals surface area contributed by atoms with Crippen molar-refractivity contribution in [3.63, 3.8) is 0 Å². The van der Waals surface area contributed by atoms with Crippen molar-refractivity contribution in [1.82, 2.24) is 0 Å². The first-order valence-corrected chi connectivity index (χ1v) is 9.04. The van der Waals surface area contributed by atoms with Gasteiger partial charge in [-0.3, -0.25) is 4.72 Å². The van der Waals surface area contributed by atoms with Crippen molar-refractivity contribution < 1.29 is 17.9 Å². The molecule has 1 N–H and O–H groups in total. The maximum absolute atomic E-state index is 13.0. The fourth-order valence-electron chi connectivity index (χ4n) is 3.04. The van der Waals surface area contributed by atoms with Crippen LogP contribution in [0.3, 0.4) is 0 Å². The Kier molecular flexibility index (Phi) is 3.36. The lowest BCUT2D eigenvalue weighted by atomic mass is 10.1. The van der Waals surface area contributed by atoms with Crippen LogP contribution in [0.1, 0.15) is 16.7 Å². The SMILES string of the molecule is N#Cc1ccc(NS(=O)(=O)c2c3c(cc4c2OCC4)OCC3)cc1. The van der Waals surface area contributed by atoms with E-state index < -0.39 is 10.0 Å². The highest BCUT2D eigenvalue weighted by Gasteiger charge is 2.33. The van der Waals surface area contributed by atoms with Gasteiger partial charge in [0, 0.05) is 29.7 Å². The zero-order valence-corrected chi connectivity index (χ0v) is 13.5. The Morgan fingerprint density at radius 1 is 1.08 bits per heavy atom. The summed E-state index contributed by atoms with van der Waals surface area (Å²) in [6, 6.07) is 10.1. The van der Waals surface area contributed by atoms with Crippen molar-refractivity contribution in [2.45, 2.75) is 17.7 Å². The number of fused-ring (bicyclic) bond motifs is 2. The van der Waals surface area contributed by atoms with Gasteiger partial charge in [-0.2, -0.15) is 5.26 Å². The van der Waals surface area contributed by atoms with Gasteiger partial charge in [-0.05, 0) is 30.3 Å². The van der Waals surface area contributed by atoms with E-state index in [1.165, 1.54) is 0 Å². The maximum atomic E-state index is 13.0. The smallest absolute Gasteiger partial charge is 0.266 e. The van der Waals surface area contributed by atoms with E-state index >= 15 is 0 Å². The van der Waals surface area contributed by atoms with Gasteiger partial charge >= 0.3 is 0 Å². The third-order valence-corrected chi connectivity index (χ3v) is 5.61. The average Bonchev–Trinajstić information content (AvgIpc) is 3.20. The summed E-state index contributed by atoms with van der Waals surface area (Å²) in [5.74, 6) is 1.06. The molecule has 24 heavy (non-hydrogen) atoms. The van der Waals surface area contributed by atoms with Crippen LogP contribution in [-0.4, -0.2) is 21.6 Å². The Morgan fingerprint density at radius 2 is 1.83 bits per heavy atom. The second-order valence-corrected chi connectivity index (χ2v) is 7.28. The van der Waals surface area contributed by atoms with E-state index in [2.05, 4.69) is 4.72 Å². The molecule has 0 aliphatic carbocycles. The van der Waals surface area contributed by atoms with Crippen molar-refractivity contribution in [2.24, 2.45) is 0 Å². The first-order chi connectivity index (χ1) is 11.6. The van der Waals surface area contributed by atoms with Gasteiger partial charge in [0.1, 0.15) is 16.4 Å². The number of nitriles is 1. The highest BCUT2D eigenvalue weighted by atomic mass is 32.2. The Hall–Kier alpha value is -2.72. The Bertz CT molecular complexity index is 927. The summed E-state index contributed by atoms with van der Waals surface area (Å²) < 4.78 is 39.7. The molecule has 4 rings (SSSR count). The van der Waals surface area contributed by atoms with Crippen molar-refractivity contribution >= 4 is 15.7 Å². The molecule has 0 bridgehead atoms. The summed E-state index contributed by atoms with van der Waals surface area (Å²) in [5.41, 5.74) is 2.39. The Balaban J connectivity index is 1.79. The van der Waals surface area contributed by atoms with Crippen molar-refractivity contribution in [3.8, 4) is 17.6 Å². The van der Waals surface area contributed by atoms with Crippen LogP contribution in [0, 0.1) is 11.3 Å². The largest absolute Gasteiger partial charge is 0.493 e. The molecular weight excluding hydrogens is 328 g/mol. The summed E-state index contributed by atoms with van der Waals surface area (Å²) in [7, 11) is -3.82. The number of sulfonamides is 1. The minimum Gasteiger partial charge on any atom is -0.493 e. The molecule has 7 heteroatoms. The third kappa shape index (κ3) is 2.36. The summed E-state index contributed by atoms with van der Waals surface area (Å²) in [6.45, 7) is 0.940. The third-order valence-electron chi connectivity index (χ3n) is 4.14. The van der Waals surface area contributed by atoms with Crippen LogP contribution in [-0.2, 0) is 22.9 Å². The summed E-state index contributed by atoms with van der Waals surface area (Å²) in [6.07, 6.45) is 1.21. The molecule has 0 atom stereocenters. The van der Waals surface area contributed by atoms with Gasteiger partial charge in [-0.1, -0.05) is 0 Å². The zero-order valence-electron chi connectivity index (χ0n) is 12.7. The summed E-state index contributed by atoms with van der Waals surface area (Å²) >= 11 is 0. The second kappa shape index (κ2) is 5.42. The fraction of sp³-hybridized carbons (Fsp3) is 0.235. The number of anilines is 1. The molecule has 0 amide bonds. The number of rotatable bonds is 3. The lowest BCUT2D eigenvalue weighted by Crippen LogP contribution is -2.16. The topological polar surface area (TPSA) is 88.4 Å². The highest BCUT2D eigenvalue weighted by molar-refractivity contribution is 7.92. The molecule has 2 heterocycles. The predicted octanol–water partition coefficient (Wildman–Crippen LogP) is 2.23. The van der Waals surface area contributed by atoms with Gasteiger partial charge in [0.05, 0.1) is 24.8 Å². The molecular formula is C17H14N2O4S. The van der Waals surface area contributed by atoms with E-state index in [0.717, 1.165) is 5.56 Å². The number of ether oxygens (including phenoxy) is 2. The first kappa shape index (κ1) is 14.8. The number of hydrogen-bond acceptors (Lipinski definition) is 5. The maximum Gasteiger partial charge on any atom is 0.266 e. The molecule has 6 nitrogen and oxygen atoms in total. The molecule has 2 aliphatic rings. The van der Waals surface area contributed by atoms with E-state index in [4.69, 9.17) is 14.7 Å². The molecule has 0 spiro atoms. The molecule has 0 fully saturated rings. The predicted molar refractivity (Wildman–Crippen MR) is 86.8 cm³/mol. The summed E-state index contributed by atoms with van der Waals surface area (Å²) in [5, 5.41) is 8.83. The minimum absolute atomic E-state index is 0.175. The minimum atomic E-state index is -3.82. The van der Waals surface area contributed by atoms with Crippen molar-refractivity contribution in [3.05, 3.63) is 47.0 Å². The van der Waals surface area contributed by atoms with Crippen LogP contribution >= 0.6 is 0 Å². The molecule has 2 aromatic carbocycles. The van der Waals surface area contributed by atoms with Gasteiger partial charge in [0.15, 0.2) is 0 Å². The van der Waals surface area contributed by atoms with E-state index in [-0.39, 0.29) is 4.90 Å². The number of nitrogens with one attached hydrogen (secondary N) is 1. The first-order valence-electron chi connectivity index (χ1n) is 7.56. The lowest BCUT2D eigenvalue weighted by Gasteiger charge is -2.14. The van der Waals surface area contributed by atoms with Crippen LogP contribution in [0.5, 0.6) is 11.5 Å². The Labute approximate surface area is 139 Å². The molecule has 2 aromatic rings. The van der Waals surface area contributed by atoms with E-state index in [0.29, 0.717) is 54.4 Å². The van der Waals surface area contributed by atoms with Crippen LogP contribution in [0.2, 0.25) is 0 Å².